The molecule has 4 rings (SSSR count). The van der Waals surface area contributed by atoms with Crippen LogP contribution in [0.3, 0.4) is 0 Å². The van der Waals surface area contributed by atoms with Crippen molar-refractivity contribution < 1.29 is 30.3 Å². The molecule has 0 saturated heterocycles. The van der Waals surface area contributed by atoms with Gasteiger partial charge in [-0.05, 0) is 50.5 Å². The van der Waals surface area contributed by atoms with Gasteiger partial charge in [-0.25, -0.2) is 0 Å². The van der Waals surface area contributed by atoms with E-state index >= 15 is 0 Å². The van der Waals surface area contributed by atoms with Crippen LogP contribution in [0.25, 0.3) is 0 Å². The second-order valence-corrected chi connectivity index (χ2v) is 10.6. The Morgan fingerprint density at radius 2 is 1.17 bits per heavy atom. The smallest absolute Gasteiger partial charge is 0.481 e. The van der Waals surface area contributed by atoms with Crippen LogP contribution in [-0.2, 0) is 31.8 Å². The molecular weight excluding hydrogens is 544 g/mol. The molecule has 0 atom stereocenters. The van der Waals surface area contributed by atoms with E-state index in [9.17, 15) is 0 Å². The summed E-state index contributed by atoms with van der Waals surface area (Å²) >= 11 is 0. The Labute approximate surface area is 225 Å². The van der Waals surface area contributed by atoms with Gasteiger partial charge in [0.15, 0.2) is 0 Å². The molecule has 35 heavy (non-hydrogen) atoms. The number of carboxylic acids is 1. The van der Waals surface area contributed by atoms with Crippen LogP contribution in [0.1, 0.15) is 18.1 Å². The molecular formula is C30H34NO2PPd+2. The van der Waals surface area contributed by atoms with Gasteiger partial charge in [0.25, 0.3) is 5.97 Å². The topological polar surface area (TPSA) is 40.5 Å². The summed E-state index contributed by atoms with van der Waals surface area (Å²) in [4.78, 5) is 11.1. The summed E-state index contributed by atoms with van der Waals surface area (Å²) in [5.41, 5.74) is 2.57. The van der Waals surface area contributed by atoms with Crippen LogP contribution in [0.4, 0.5) is 0 Å². The van der Waals surface area contributed by atoms with Crippen LogP contribution >= 0.6 is 7.92 Å². The first-order valence-electron chi connectivity index (χ1n) is 11.2. The van der Waals surface area contributed by atoms with Gasteiger partial charge in [0.2, 0.25) is 0 Å². The quantitative estimate of drug-likeness (QED) is 0.203. The Morgan fingerprint density at radius 3 is 1.49 bits per heavy atom. The van der Waals surface area contributed by atoms with Gasteiger partial charge in [0.05, 0.1) is 7.92 Å². The average molecular weight is 578 g/mol. The Hall–Kier alpha value is -2.60. The van der Waals surface area contributed by atoms with Crippen molar-refractivity contribution in [2.75, 3.05) is 14.1 Å². The SMILES string of the molecule is CC(=O)O.Cc1cc[c-]c(CN(C)C)c1.[Pd+2].c1ccc([PH+](c2ccccc2)c2ccccc2)cc1. The molecule has 0 spiro atoms. The van der Waals surface area contributed by atoms with Gasteiger partial charge in [0.1, 0.15) is 15.9 Å². The first kappa shape index (κ1) is 30.4. The predicted molar refractivity (Wildman–Crippen MR) is 147 cm³/mol. The predicted octanol–water partition coefficient (Wildman–Crippen LogP) is 5.12. The molecule has 0 bridgehead atoms. The van der Waals surface area contributed by atoms with Crippen LogP contribution < -0.4 is 15.9 Å². The Balaban J connectivity index is 0.000000327. The fraction of sp³-hybridized carbons (Fsp3) is 0.167. The zero-order valence-electron chi connectivity index (χ0n) is 20.7. The van der Waals surface area contributed by atoms with E-state index in [2.05, 4.69) is 135 Å². The number of aliphatic carboxylic acids is 1. The van der Waals surface area contributed by atoms with E-state index in [1.54, 1.807) is 0 Å². The van der Waals surface area contributed by atoms with Crippen LogP contribution in [0.5, 0.6) is 0 Å². The largest absolute Gasteiger partial charge is 2.00 e. The third-order valence-electron chi connectivity index (χ3n) is 4.69. The number of hydrogen-bond acceptors (Lipinski definition) is 2. The minimum Gasteiger partial charge on any atom is -0.481 e. The van der Waals surface area contributed by atoms with Crippen molar-refractivity contribution in [2.24, 2.45) is 0 Å². The van der Waals surface area contributed by atoms with E-state index in [1.807, 2.05) is 6.07 Å². The molecule has 0 aromatic heterocycles. The molecule has 0 amide bonds. The van der Waals surface area contributed by atoms with Crippen LogP contribution in [0, 0.1) is 13.0 Å². The molecule has 0 unspecified atom stereocenters. The first-order valence-corrected chi connectivity index (χ1v) is 12.7. The Kier molecular flexibility index (Phi) is 14.7. The molecule has 1 N–H and O–H groups in total. The van der Waals surface area contributed by atoms with Crippen molar-refractivity contribution in [1.82, 2.24) is 4.90 Å². The molecule has 3 nitrogen and oxygen atoms in total. The normalized spacial score (nSPS) is 9.77. The second kappa shape index (κ2) is 16.9. The first-order chi connectivity index (χ1) is 16.4. The summed E-state index contributed by atoms with van der Waals surface area (Å²) in [6, 6.07) is 41.9. The fourth-order valence-corrected chi connectivity index (χ4v) is 5.97. The van der Waals surface area contributed by atoms with Crippen LogP contribution in [0.15, 0.2) is 109 Å². The second-order valence-electron chi connectivity index (χ2n) is 8.12. The standard InChI is InChI=1S/C18H15P.C10H14N.C2H4O2.Pd/c1-4-10-16(11-5-1)19(17-12-6-2-7-13-17)18-14-8-3-9-15-18;1-9-5-4-6-10(7-9)8-11(2)3;1-2(3)4;/h1-15H;4-5,7H,8H2,1-3H3;1H3,(H,3,4);/q;-1;;+2/p+1. The molecule has 0 aliphatic heterocycles. The van der Waals surface area contributed by atoms with E-state index in [-0.39, 0.29) is 20.4 Å². The number of carbonyl (C=O) groups is 1. The molecule has 0 fully saturated rings. The molecule has 5 heteroatoms. The van der Waals surface area contributed by atoms with Crippen molar-refractivity contribution in [3.05, 3.63) is 126 Å². The summed E-state index contributed by atoms with van der Waals surface area (Å²) in [6.45, 7) is 4.16. The molecule has 0 saturated carbocycles. The number of carboxylic acid groups (broad SMARTS) is 1. The Bertz CT molecular complexity index is 1010. The summed E-state index contributed by atoms with van der Waals surface area (Å²) < 4.78 is 0. The maximum Gasteiger partial charge on any atom is 2.00 e. The van der Waals surface area contributed by atoms with E-state index < -0.39 is 13.9 Å². The number of benzene rings is 4. The number of aryl methyl sites for hydroxylation is 1. The molecule has 4 aromatic rings. The number of rotatable bonds is 5. The van der Waals surface area contributed by atoms with Gasteiger partial charge in [-0.2, -0.15) is 29.8 Å². The van der Waals surface area contributed by atoms with E-state index in [4.69, 9.17) is 9.90 Å². The van der Waals surface area contributed by atoms with Gasteiger partial charge in [-0.3, -0.25) is 4.79 Å². The molecule has 184 valence electrons. The minimum atomic E-state index is -0.877. The van der Waals surface area contributed by atoms with Crippen molar-refractivity contribution >= 4 is 29.8 Å². The van der Waals surface area contributed by atoms with Crippen molar-refractivity contribution in [2.45, 2.75) is 20.4 Å². The minimum absolute atomic E-state index is 0. The van der Waals surface area contributed by atoms with E-state index in [0.29, 0.717) is 0 Å². The summed E-state index contributed by atoms with van der Waals surface area (Å²) in [5, 5.41) is 11.7. The molecule has 0 heterocycles. The van der Waals surface area contributed by atoms with E-state index in [1.165, 1.54) is 27.0 Å². The van der Waals surface area contributed by atoms with Gasteiger partial charge >= 0.3 is 20.4 Å². The maximum absolute atomic E-state index is 9.00. The zero-order chi connectivity index (χ0) is 24.8. The zero-order valence-corrected chi connectivity index (χ0v) is 23.3. The molecule has 0 aliphatic carbocycles. The number of hydrogen-bond donors (Lipinski definition) is 1. The van der Waals surface area contributed by atoms with Crippen molar-refractivity contribution in [1.29, 1.82) is 0 Å². The third-order valence-corrected chi connectivity index (χ3v) is 7.42. The number of nitrogens with zero attached hydrogens (tertiary/aromatic N) is 1. The Morgan fingerprint density at radius 1 is 0.800 bits per heavy atom. The maximum atomic E-state index is 9.00. The summed E-state index contributed by atoms with van der Waals surface area (Å²) in [5.74, 6) is -0.833. The van der Waals surface area contributed by atoms with Crippen LogP contribution in [0.2, 0.25) is 0 Å². The van der Waals surface area contributed by atoms with Crippen molar-refractivity contribution in [3.63, 3.8) is 0 Å². The average Bonchev–Trinajstić information content (AvgIpc) is 2.81. The molecule has 4 aromatic carbocycles. The fourth-order valence-electron chi connectivity index (χ4n) is 3.39. The third kappa shape index (κ3) is 12.1. The molecule has 0 aliphatic rings. The van der Waals surface area contributed by atoms with Crippen molar-refractivity contribution in [3.8, 4) is 0 Å². The van der Waals surface area contributed by atoms with Crippen LogP contribution in [-0.4, -0.2) is 30.1 Å². The van der Waals surface area contributed by atoms with Gasteiger partial charge < -0.3 is 10.0 Å². The van der Waals surface area contributed by atoms with E-state index in [0.717, 1.165) is 13.5 Å². The van der Waals surface area contributed by atoms with Gasteiger partial charge in [0, 0.05) is 13.5 Å². The summed E-state index contributed by atoms with van der Waals surface area (Å²) in [6.07, 6.45) is 0. The molecule has 0 radical (unpaired) electrons. The summed E-state index contributed by atoms with van der Waals surface area (Å²) in [7, 11) is 3.25. The monoisotopic (exact) mass is 577 g/mol. The van der Waals surface area contributed by atoms with Gasteiger partial charge in [-0.15, -0.1) is 5.56 Å². The van der Waals surface area contributed by atoms with Gasteiger partial charge in [-0.1, -0.05) is 61.5 Å².